The van der Waals surface area contributed by atoms with Crippen molar-refractivity contribution in [1.82, 2.24) is 39.5 Å². The van der Waals surface area contributed by atoms with E-state index in [1.165, 1.54) is 30.5 Å². The van der Waals surface area contributed by atoms with Gasteiger partial charge in [0.15, 0.2) is 0 Å². The van der Waals surface area contributed by atoms with Gasteiger partial charge in [0.2, 0.25) is 0 Å². The van der Waals surface area contributed by atoms with Crippen LogP contribution in [0.3, 0.4) is 0 Å². The van der Waals surface area contributed by atoms with Crippen LogP contribution >= 0.6 is 15.9 Å². The van der Waals surface area contributed by atoms with Gasteiger partial charge >= 0.3 is 24.7 Å². The molecule has 0 aliphatic carbocycles. The van der Waals surface area contributed by atoms with Crippen LogP contribution < -0.4 is 0 Å². The monoisotopic (exact) mass is 1100 g/mol. The fourth-order valence-corrected chi connectivity index (χ4v) is 7.55. The molecule has 1 N–H and O–H groups in total. The van der Waals surface area contributed by atoms with Crippen LogP contribution in [0.15, 0.2) is 145 Å². The van der Waals surface area contributed by atoms with Gasteiger partial charge in [0.05, 0.1) is 58.8 Å². The number of aromatic nitrogens is 8. The van der Waals surface area contributed by atoms with Crippen LogP contribution in [0.2, 0.25) is 25.7 Å². The van der Waals surface area contributed by atoms with E-state index in [9.17, 15) is 52.7 Å². The van der Waals surface area contributed by atoms with Crippen molar-refractivity contribution in [2.45, 2.75) is 70.6 Å². The molecule has 0 atom stereocenters. The SMILES string of the molecule is C[Si](C)(C)CCOCn1cc(-c2cccc(C(F)(F)F)c2)cn1.Cc1cc(Cn2cc(-c3cccc(C(F)(F)F)c3)cn2)n(C)n1.FC(F)(F)c1cccc(-c2cn[nH]c2)c1.FC(F)(F)c1cccc(Br)c1. The fraction of sp³-hybridized carbons (Fsp3) is 0.265. The number of benzene rings is 4. The van der Waals surface area contributed by atoms with Gasteiger partial charge in [-0.05, 0) is 90.3 Å². The molecule has 0 radical (unpaired) electrons. The first kappa shape index (κ1) is 56.5. The number of rotatable bonds is 10. The van der Waals surface area contributed by atoms with Gasteiger partial charge in [-0.2, -0.15) is 73.1 Å². The number of halogens is 13. The quantitative estimate of drug-likeness (QED) is 0.0837. The van der Waals surface area contributed by atoms with Gasteiger partial charge in [0, 0.05) is 61.5 Å². The van der Waals surface area contributed by atoms with Crippen molar-refractivity contribution in [3.8, 4) is 33.4 Å². The molecule has 0 spiro atoms. The summed E-state index contributed by atoms with van der Waals surface area (Å²) in [6.45, 7) is 10.2. The molecular formula is C49H47BrF12N8OSi. The van der Waals surface area contributed by atoms with Crippen LogP contribution in [0.1, 0.15) is 33.6 Å². The molecule has 4 aromatic heterocycles. The molecule has 9 nitrogen and oxygen atoms in total. The summed E-state index contributed by atoms with van der Waals surface area (Å²) in [4.78, 5) is 0. The topological polar surface area (TPSA) is 91.4 Å². The second-order valence-electron chi connectivity index (χ2n) is 17.2. The summed E-state index contributed by atoms with van der Waals surface area (Å²) in [5.41, 5.74) is 2.70. The number of nitrogens with zero attached hydrogens (tertiary/aromatic N) is 7. The van der Waals surface area contributed by atoms with Gasteiger partial charge in [-0.3, -0.25) is 14.5 Å². The Morgan fingerprint density at radius 2 is 1.01 bits per heavy atom. The third kappa shape index (κ3) is 17.7. The lowest BCUT2D eigenvalue weighted by molar-refractivity contribution is -0.138. The number of ether oxygens (including phenoxy) is 1. The summed E-state index contributed by atoms with van der Waals surface area (Å²) in [5.74, 6) is 0. The lowest BCUT2D eigenvalue weighted by Gasteiger charge is -2.15. The fourth-order valence-electron chi connectivity index (χ4n) is 6.40. The van der Waals surface area contributed by atoms with Gasteiger partial charge in [-0.25, -0.2) is 4.68 Å². The Balaban J connectivity index is 0.000000185. The third-order valence-electron chi connectivity index (χ3n) is 10.1. The van der Waals surface area contributed by atoms with Crippen molar-refractivity contribution in [2.75, 3.05) is 6.61 Å². The number of alkyl halides is 12. The second-order valence-corrected chi connectivity index (χ2v) is 23.7. The van der Waals surface area contributed by atoms with Gasteiger partial charge < -0.3 is 4.74 Å². The average molecular weight is 1100 g/mol. The molecule has 72 heavy (non-hydrogen) atoms. The Labute approximate surface area is 415 Å². The maximum absolute atomic E-state index is 12.8. The van der Waals surface area contributed by atoms with E-state index in [1.54, 1.807) is 69.3 Å². The Bertz CT molecular complexity index is 2950. The molecule has 0 saturated carbocycles. The van der Waals surface area contributed by atoms with Gasteiger partial charge in [0.25, 0.3) is 0 Å². The Hall–Kier alpha value is -6.46. The number of hydrogen-bond donors (Lipinski definition) is 1. The maximum atomic E-state index is 12.8. The van der Waals surface area contributed by atoms with E-state index in [1.807, 2.05) is 20.0 Å². The number of hydrogen-bond acceptors (Lipinski definition) is 5. The molecule has 0 aliphatic heterocycles. The molecule has 0 unspecified atom stereocenters. The molecule has 0 saturated heterocycles. The van der Waals surface area contributed by atoms with Crippen molar-refractivity contribution in [2.24, 2.45) is 7.05 Å². The first-order valence-corrected chi connectivity index (χ1v) is 26.0. The van der Waals surface area contributed by atoms with E-state index in [2.05, 4.69) is 61.1 Å². The minimum Gasteiger partial charge on any atom is -0.360 e. The van der Waals surface area contributed by atoms with Crippen LogP contribution in [-0.2, 0) is 49.8 Å². The van der Waals surface area contributed by atoms with Gasteiger partial charge in [-0.1, -0.05) is 78.0 Å². The minimum atomic E-state index is -4.35. The highest BCUT2D eigenvalue weighted by Crippen LogP contribution is 2.35. The molecule has 8 rings (SSSR count). The molecule has 23 heteroatoms. The highest BCUT2D eigenvalue weighted by molar-refractivity contribution is 9.10. The molecule has 8 aromatic rings. The summed E-state index contributed by atoms with van der Waals surface area (Å²) in [6.07, 6.45) is -7.66. The van der Waals surface area contributed by atoms with Crippen molar-refractivity contribution in [3.63, 3.8) is 0 Å². The normalized spacial score (nSPS) is 12.0. The maximum Gasteiger partial charge on any atom is 0.416 e. The zero-order valence-electron chi connectivity index (χ0n) is 39.1. The van der Waals surface area contributed by atoms with E-state index in [0.717, 1.165) is 66.0 Å². The van der Waals surface area contributed by atoms with Crippen LogP contribution in [0.25, 0.3) is 33.4 Å². The molecule has 0 aliphatic rings. The van der Waals surface area contributed by atoms with Crippen molar-refractivity contribution in [3.05, 3.63) is 178 Å². The molecule has 0 fully saturated rings. The van der Waals surface area contributed by atoms with E-state index in [-0.39, 0.29) is 0 Å². The van der Waals surface area contributed by atoms with Gasteiger partial charge in [-0.15, -0.1) is 0 Å². The van der Waals surface area contributed by atoms with Crippen LogP contribution in [0.5, 0.6) is 0 Å². The number of aryl methyl sites for hydroxylation is 2. The number of H-pyrrole nitrogens is 1. The van der Waals surface area contributed by atoms with Crippen molar-refractivity contribution >= 4 is 24.0 Å². The number of nitrogens with one attached hydrogen (secondary N) is 1. The van der Waals surface area contributed by atoms with E-state index >= 15 is 0 Å². The Morgan fingerprint density at radius 3 is 1.42 bits per heavy atom. The highest BCUT2D eigenvalue weighted by Gasteiger charge is 2.33. The van der Waals surface area contributed by atoms with Crippen LogP contribution in [0, 0.1) is 6.92 Å². The van der Waals surface area contributed by atoms with E-state index in [0.29, 0.717) is 57.7 Å². The molecule has 384 valence electrons. The first-order valence-electron chi connectivity index (χ1n) is 21.5. The summed E-state index contributed by atoms with van der Waals surface area (Å²) in [6, 6.07) is 23.6. The molecule has 0 amide bonds. The zero-order chi connectivity index (χ0) is 53.1. The van der Waals surface area contributed by atoms with E-state index < -0.39 is 55.0 Å². The molecule has 4 aromatic carbocycles. The second kappa shape index (κ2) is 23.8. The number of aromatic amines is 1. The predicted octanol–water partition coefficient (Wildman–Crippen LogP) is 15.1. The van der Waals surface area contributed by atoms with Crippen LogP contribution in [0.4, 0.5) is 52.7 Å². The summed E-state index contributed by atoms with van der Waals surface area (Å²) >= 11 is 2.95. The summed E-state index contributed by atoms with van der Waals surface area (Å²) in [5, 5.41) is 18.9. The Kier molecular flexibility index (Phi) is 18.7. The molecule has 0 bridgehead atoms. The van der Waals surface area contributed by atoms with Crippen molar-refractivity contribution in [1.29, 1.82) is 0 Å². The predicted molar refractivity (Wildman–Crippen MR) is 255 cm³/mol. The Morgan fingerprint density at radius 1 is 0.569 bits per heavy atom. The molecule has 4 heterocycles. The lowest BCUT2D eigenvalue weighted by atomic mass is 10.1. The van der Waals surface area contributed by atoms with E-state index in [4.69, 9.17) is 4.74 Å². The van der Waals surface area contributed by atoms with Gasteiger partial charge in [0.1, 0.15) is 6.73 Å². The summed E-state index contributed by atoms with van der Waals surface area (Å²) in [7, 11) is 0.718. The third-order valence-corrected chi connectivity index (χ3v) is 12.3. The first-order chi connectivity index (χ1) is 33.5. The van der Waals surface area contributed by atoms with Crippen molar-refractivity contribution < 1.29 is 57.4 Å². The van der Waals surface area contributed by atoms with Crippen LogP contribution in [-0.4, -0.2) is 54.2 Å². The summed E-state index contributed by atoms with van der Waals surface area (Å²) < 4.78 is 161. The standard InChI is InChI=1S/C16H15F3N4.C16H21F3N2OSi.C10H7F3N2.C7H4BrF3/c1-11-6-15(22(2)21-11)10-23-9-13(8-20-23)12-4-3-5-14(7-12)16(17,18)19;1-23(2,3)8-7-22-12-21-11-14(10-20-21)13-5-4-6-15(9-13)16(17,18)19;11-10(12,13)9-3-1-2-7(4-9)8-5-14-15-6-8;8-6-3-1-2-5(4-6)7(9,10)11/h3-9H,10H2,1-2H3;4-6,9-11H,7-8,12H2,1-3H3;1-6H,(H,14,15);1-4H. The minimum absolute atomic E-state index is 0.309. The zero-order valence-corrected chi connectivity index (χ0v) is 41.6. The highest BCUT2D eigenvalue weighted by atomic mass is 79.9. The largest absolute Gasteiger partial charge is 0.416 e. The lowest BCUT2D eigenvalue weighted by Crippen LogP contribution is -2.22. The molecular weight excluding hydrogens is 1050 g/mol. The smallest absolute Gasteiger partial charge is 0.360 e. The average Bonchev–Trinajstić information content (AvgIpc) is 4.14.